The summed E-state index contributed by atoms with van der Waals surface area (Å²) in [6.45, 7) is 8.86. The summed E-state index contributed by atoms with van der Waals surface area (Å²) in [6.07, 6.45) is 4.06. The quantitative estimate of drug-likeness (QED) is 0.287. The predicted molar refractivity (Wildman–Crippen MR) is 132 cm³/mol. The fourth-order valence-corrected chi connectivity index (χ4v) is 4.35. The largest absolute Gasteiger partial charge is 0.490 e. The number of ether oxygens (including phenoxy) is 3. The zero-order valence-corrected chi connectivity index (χ0v) is 20.2. The van der Waals surface area contributed by atoms with Gasteiger partial charge in [-0.2, -0.15) is 0 Å². The number of para-hydroxylation sites is 1. The van der Waals surface area contributed by atoms with E-state index in [-0.39, 0.29) is 24.3 Å². The van der Waals surface area contributed by atoms with Crippen LogP contribution in [0, 0.1) is 0 Å². The number of halogens is 1. The fraction of sp³-hybridized carbons (Fsp3) is 0.280. The topological polar surface area (TPSA) is 65.1 Å². The van der Waals surface area contributed by atoms with Crippen LogP contribution in [0.15, 0.2) is 54.0 Å². The third kappa shape index (κ3) is 6.12. The van der Waals surface area contributed by atoms with E-state index in [1.165, 1.54) is 4.90 Å². The van der Waals surface area contributed by atoms with Gasteiger partial charge in [0.05, 0.1) is 29.7 Å². The van der Waals surface area contributed by atoms with E-state index < -0.39 is 0 Å². The minimum atomic E-state index is -0.357. The molecule has 2 amide bonds. The average molecular weight is 488 g/mol. The van der Waals surface area contributed by atoms with Crippen molar-refractivity contribution in [2.45, 2.75) is 20.3 Å². The molecule has 0 aromatic heterocycles. The first-order valence-corrected chi connectivity index (χ1v) is 11.8. The molecule has 0 aliphatic carbocycles. The van der Waals surface area contributed by atoms with E-state index in [4.69, 9.17) is 25.8 Å². The van der Waals surface area contributed by atoms with E-state index in [2.05, 4.69) is 6.58 Å². The molecule has 0 atom stereocenters. The Hall–Kier alpha value is -2.90. The van der Waals surface area contributed by atoms with E-state index in [9.17, 15) is 9.59 Å². The second-order valence-corrected chi connectivity index (χ2v) is 8.38. The van der Waals surface area contributed by atoms with E-state index in [0.29, 0.717) is 46.8 Å². The number of rotatable bonds is 11. The SMILES string of the molecule is C=CCc1cc(/C=C2\SC(=O)N(CCOc3ccccc3Cl)C2=O)cc(OCC)c1OCC. The van der Waals surface area contributed by atoms with Gasteiger partial charge in [-0.3, -0.25) is 14.5 Å². The van der Waals surface area contributed by atoms with Gasteiger partial charge >= 0.3 is 0 Å². The van der Waals surface area contributed by atoms with Crippen LogP contribution in [0.2, 0.25) is 5.02 Å². The van der Waals surface area contributed by atoms with Crippen molar-refractivity contribution in [3.63, 3.8) is 0 Å². The predicted octanol–water partition coefficient (Wildman–Crippen LogP) is 5.98. The molecule has 1 aliphatic rings. The summed E-state index contributed by atoms with van der Waals surface area (Å²) in [5.41, 5.74) is 1.65. The lowest BCUT2D eigenvalue weighted by molar-refractivity contribution is -0.123. The fourth-order valence-electron chi connectivity index (χ4n) is 3.30. The smallest absolute Gasteiger partial charge is 0.293 e. The molecule has 0 radical (unpaired) electrons. The molecule has 2 aromatic carbocycles. The summed E-state index contributed by atoms with van der Waals surface area (Å²) >= 11 is 6.98. The molecule has 0 N–H and O–H groups in total. The maximum Gasteiger partial charge on any atom is 0.293 e. The molecule has 1 heterocycles. The number of thioether (sulfide) groups is 1. The Labute approximate surface area is 203 Å². The van der Waals surface area contributed by atoms with Crippen molar-refractivity contribution in [2.24, 2.45) is 0 Å². The number of benzene rings is 2. The van der Waals surface area contributed by atoms with Gasteiger partial charge in [-0.15, -0.1) is 6.58 Å². The lowest BCUT2D eigenvalue weighted by atomic mass is 10.0. The van der Waals surface area contributed by atoms with Gasteiger partial charge in [0.15, 0.2) is 11.5 Å². The van der Waals surface area contributed by atoms with Gasteiger partial charge in [0, 0.05) is 5.56 Å². The molecule has 0 saturated carbocycles. The van der Waals surface area contributed by atoms with Gasteiger partial charge in [-0.1, -0.05) is 29.8 Å². The van der Waals surface area contributed by atoms with Crippen LogP contribution in [0.4, 0.5) is 4.79 Å². The molecule has 0 bridgehead atoms. The molecular weight excluding hydrogens is 462 g/mol. The Balaban J connectivity index is 1.78. The van der Waals surface area contributed by atoms with Crippen molar-refractivity contribution in [1.29, 1.82) is 0 Å². The standard InChI is InChI=1S/C25H26ClNO5S/c1-4-9-18-14-17(15-21(30-5-2)23(18)31-6-3)16-22-24(28)27(25(29)33-22)12-13-32-20-11-8-7-10-19(20)26/h4,7-8,10-11,14-16H,1,5-6,9,12-13H2,2-3H3/b22-16-. The summed E-state index contributed by atoms with van der Waals surface area (Å²) < 4.78 is 17.2. The minimum Gasteiger partial charge on any atom is -0.490 e. The van der Waals surface area contributed by atoms with E-state index in [0.717, 1.165) is 22.9 Å². The first kappa shape index (κ1) is 24.7. The number of carbonyl (C=O) groups excluding carboxylic acids is 2. The first-order chi connectivity index (χ1) is 16.0. The Morgan fingerprint density at radius 2 is 1.82 bits per heavy atom. The van der Waals surface area contributed by atoms with Crippen LogP contribution in [0.25, 0.3) is 6.08 Å². The molecular formula is C25H26ClNO5S. The lowest BCUT2D eigenvalue weighted by Gasteiger charge is -2.16. The van der Waals surface area contributed by atoms with Crippen LogP contribution in [0.5, 0.6) is 17.2 Å². The molecule has 0 spiro atoms. The van der Waals surface area contributed by atoms with Crippen molar-refractivity contribution in [1.82, 2.24) is 4.90 Å². The number of carbonyl (C=O) groups is 2. The van der Waals surface area contributed by atoms with Gasteiger partial charge < -0.3 is 14.2 Å². The average Bonchev–Trinajstić information content (AvgIpc) is 3.05. The number of hydrogen-bond acceptors (Lipinski definition) is 6. The molecule has 1 aliphatic heterocycles. The molecule has 3 rings (SSSR count). The Kier molecular flexibility index (Phi) is 8.86. The van der Waals surface area contributed by atoms with Gasteiger partial charge in [-0.05, 0) is 67.9 Å². The zero-order chi connectivity index (χ0) is 23.8. The molecule has 1 fully saturated rings. The molecule has 8 heteroatoms. The van der Waals surface area contributed by atoms with Gasteiger partial charge in [0.2, 0.25) is 0 Å². The highest BCUT2D eigenvalue weighted by Crippen LogP contribution is 2.37. The van der Waals surface area contributed by atoms with Gasteiger partial charge in [0.25, 0.3) is 11.1 Å². The van der Waals surface area contributed by atoms with Crippen molar-refractivity contribution in [3.8, 4) is 17.2 Å². The van der Waals surface area contributed by atoms with Crippen LogP contribution in [0.3, 0.4) is 0 Å². The van der Waals surface area contributed by atoms with Crippen LogP contribution < -0.4 is 14.2 Å². The minimum absolute atomic E-state index is 0.127. The Morgan fingerprint density at radius 1 is 1.06 bits per heavy atom. The second kappa shape index (κ2) is 11.8. The van der Waals surface area contributed by atoms with Crippen LogP contribution >= 0.6 is 23.4 Å². The molecule has 2 aromatic rings. The highest BCUT2D eigenvalue weighted by atomic mass is 35.5. The van der Waals surface area contributed by atoms with Crippen molar-refractivity contribution < 1.29 is 23.8 Å². The normalized spacial score (nSPS) is 14.6. The van der Waals surface area contributed by atoms with Crippen molar-refractivity contribution >= 4 is 40.6 Å². The lowest BCUT2D eigenvalue weighted by Crippen LogP contribution is -2.32. The molecule has 1 saturated heterocycles. The van der Waals surface area contributed by atoms with E-state index in [1.54, 1.807) is 36.4 Å². The number of nitrogens with zero attached hydrogens (tertiary/aromatic N) is 1. The van der Waals surface area contributed by atoms with Crippen molar-refractivity contribution in [2.75, 3.05) is 26.4 Å². The van der Waals surface area contributed by atoms with Crippen LogP contribution in [0.1, 0.15) is 25.0 Å². The third-order valence-corrected chi connectivity index (χ3v) is 5.91. The second-order valence-electron chi connectivity index (χ2n) is 6.98. The number of allylic oxidation sites excluding steroid dienone is 1. The summed E-state index contributed by atoms with van der Waals surface area (Å²) in [5.74, 6) is 1.41. The maximum absolute atomic E-state index is 12.9. The maximum atomic E-state index is 12.9. The summed E-state index contributed by atoms with van der Waals surface area (Å²) in [4.78, 5) is 26.9. The van der Waals surface area contributed by atoms with E-state index >= 15 is 0 Å². The van der Waals surface area contributed by atoms with Crippen molar-refractivity contribution in [3.05, 3.63) is 70.1 Å². The monoisotopic (exact) mass is 487 g/mol. The molecule has 174 valence electrons. The third-order valence-electron chi connectivity index (χ3n) is 4.69. The zero-order valence-electron chi connectivity index (χ0n) is 18.6. The Bertz CT molecular complexity index is 1070. The highest BCUT2D eigenvalue weighted by molar-refractivity contribution is 8.18. The van der Waals surface area contributed by atoms with Gasteiger partial charge in [0.1, 0.15) is 12.4 Å². The summed E-state index contributed by atoms with van der Waals surface area (Å²) in [5, 5.41) is 0.138. The first-order valence-electron chi connectivity index (χ1n) is 10.6. The van der Waals surface area contributed by atoms with Crippen LogP contribution in [-0.4, -0.2) is 42.4 Å². The summed E-state index contributed by atoms with van der Waals surface area (Å²) in [6, 6.07) is 10.8. The van der Waals surface area contributed by atoms with E-state index in [1.807, 2.05) is 26.0 Å². The summed E-state index contributed by atoms with van der Waals surface area (Å²) in [7, 11) is 0. The molecule has 0 unspecified atom stereocenters. The van der Waals surface area contributed by atoms with Gasteiger partial charge in [-0.25, -0.2) is 0 Å². The molecule has 33 heavy (non-hydrogen) atoms. The number of amides is 2. The number of imide groups is 1. The highest BCUT2D eigenvalue weighted by Gasteiger charge is 2.35. The number of hydrogen-bond donors (Lipinski definition) is 0. The Morgan fingerprint density at radius 3 is 2.52 bits per heavy atom. The van der Waals surface area contributed by atoms with Crippen LogP contribution in [-0.2, 0) is 11.2 Å². The molecule has 6 nitrogen and oxygen atoms in total.